The Hall–Kier alpha value is -2.60. The van der Waals surface area contributed by atoms with Crippen LogP contribution in [0.25, 0.3) is 0 Å². The zero-order valence-electron chi connectivity index (χ0n) is 13.9. The van der Waals surface area contributed by atoms with E-state index < -0.39 is 10.0 Å². The minimum Gasteiger partial charge on any atom is -0.352 e. The van der Waals surface area contributed by atoms with E-state index in [0.29, 0.717) is 37.2 Å². The monoisotopic (exact) mass is 364 g/mol. The molecule has 0 spiro atoms. The van der Waals surface area contributed by atoms with Crippen molar-refractivity contribution in [3.8, 4) is 6.07 Å². The first-order valence-electron chi connectivity index (χ1n) is 7.82. The van der Waals surface area contributed by atoms with Crippen LogP contribution in [0, 0.1) is 11.3 Å². The summed E-state index contributed by atoms with van der Waals surface area (Å²) in [5.74, 6) is -0.422. The second kappa shape index (κ2) is 7.98. The third kappa shape index (κ3) is 5.76. The van der Waals surface area contributed by atoms with E-state index in [-0.39, 0.29) is 24.3 Å². The Bertz CT molecular complexity index is 775. The number of amides is 2. The zero-order chi connectivity index (χ0) is 18.4. The molecule has 1 aromatic rings. The molecular weight excluding hydrogens is 344 g/mol. The Morgan fingerprint density at radius 2 is 1.84 bits per heavy atom. The van der Waals surface area contributed by atoms with E-state index in [4.69, 9.17) is 5.26 Å². The van der Waals surface area contributed by atoms with Crippen molar-refractivity contribution in [2.45, 2.75) is 25.3 Å². The number of piperidine rings is 1. The number of rotatable bonds is 5. The molecule has 2 amide bonds. The highest BCUT2D eigenvalue weighted by Crippen LogP contribution is 2.16. The molecular formula is C16H20N4O4S. The van der Waals surface area contributed by atoms with E-state index in [0.717, 1.165) is 6.26 Å². The van der Waals surface area contributed by atoms with Gasteiger partial charge in [-0.05, 0) is 37.1 Å². The van der Waals surface area contributed by atoms with Crippen LogP contribution in [0.2, 0.25) is 0 Å². The van der Waals surface area contributed by atoms with E-state index in [9.17, 15) is 18.0 Å². The van der Waals surface area contributed by atoms with Crippen LogP contribution in [-0.4, -0.2) is 50.5 Å². The third-order valence-corrected chi connectivity index (χ3v) is 4.43. The molecule has 2 rings (SSSR count). The quantitative estimate of drug-likeness (QED) is 0.797. The van der Waals surface area contributed by atoms with Crippen molar-refractivity contribution in [1.82, 2.24) is 10.2 Å². The maximum atomic E-state index is 12.5. The van der Waals surface area contributed by atoms with Gasteiger partial charge in [-0.25, -0.2) is 8.42 Å². The molecule has 2 N–H and O–H groups in total. The lowest BCUT2D eigenvalue weighted by Crippen LogP contribution is -2.46. The summed E-state index contributed by atoms with van der Waals surface area (Å²) in [5, 5.41) is 11.3. The first-order valence-corrected chi connectivity index (χ1v) is 9.71. The van der Waals surface area contributed by atoms with Crippen LogP contribution in [0.5, 0.6) is 0 Å². The first-order chi connectivity index (χ1) is 11.8. The number of likely N-dealkylation sites (tertiary alicyclic amines) is 1. The molecule has 1 fully saturated rings. The Labute approximate surface area is 146 Å². The molecule has 0 aromatic heterocycles. The van der Waals surface area contributed by atoms with Crippen molar-refractivity contribution in [3.63, 3.8) is 0 Å². The molecule has 25 heavy (non-hydrogen) atoms. The highest BCUT2D eigenvalue weighted by Gasteiger charge is 2.24. The predicted molar refractivity (Wildman–Crippen MR) is 92.2 cm³/mol. The average molecular weight is 364 g/mol. The van der Waals surface area contributed by atoms with Crippen LogP contribution >= 0.6 is 0 Å². The molecule has 0 atom stereocenters. The van der Waals surface area contributed by atoms with Gasteiger partial charge in [0.2, 0.25) is 15.9 Å². The lowest BCUT2D eigenvalue weighted by atomic mass is 10.0. The number of carbonyl (C=O) groups excluding carboxylic acids is 2. The summed E-state index contributed by atoms with van der Waals surface area (Å²) in [6, 6.07) is 8.03. The topological polar surface area (TPSA) is 119 Å². The summed E-state index contributed by atoms with van der Waals surface area (Å²) in [7, 11) is -3.35. The van der Waals surface area contributed by atoms with Crippen LogP contribution in [0.3, 0.4) is 0 Å². The minimum atomic E-state index is -3.35. The van der Waals surface area contributed by atoms with Gasteiger partial charge in [0, 0.05) is 30.4 Å². The molecule has 1 aromatic carbocycles. The van der Waals surface area contributed by atoms with Crippen molar-refractivity contribution in [2.75, 3.05) is 24.1 Å². The van der Waals surface area contributed by atoms with Crippen molar-refractivity contribution >= 4 is 27.5 Å². The minimum absolute atomic E-state index is 0.0220. The van der Waals surface area contributed by atoms with E-state index in [1.807, 2.05) is 0 Å². The number of hydrogen-bond donors (Lipinski definition) is 2. The molecule has 1 aliphatic heterocycles. The Morgan fingerprint density at radius 3 is 2.36 bits per heavy atom. The molecule has 0 radical (unpaired) electrons. The summed E-state index contributed by atoms with van der Waals surface area (Å²) in [4.78, 5) is 25.6. The summed E-state index contributed by atoms with van der Waals surface area (Å²) < 4.78 is 24.7. The van der Waals surface area contributed by atoms with Gasteiger partial charge in [0.15, 0.2) is 0 Å². The number of hydrogen-bond acceptors (Lipinski definition) is 5. The highest BCUT2D eigenvalue weighted by atomic mass is 32.2. The molecule has 0 saturated carbocycles. The Kier molecular flexibility index (Phi) is 5.98. The van der Waals surface area contributed by atoms with Crippen molar-refractivity contribution in [1.29, 1.82) is 5.26 Å². The van der Waals surface area contributed by atoms with Crippen LogP contribution in [0.4, 0.5) is 5.69 Å². The number of sulfonamides is 1. The van der Waals surface area contributed by atoms with Crippen molar-refractivity contribution in [2.24, 2.45) is 0 Å². The largest absolute Gasteiger partial charge is 0.352 e. The molecule has 0 bridgehead atoms. The number of anilines is 1. The summed E-state index contributed by atoms with van der Waals surface area (Å²) in [5.41, 5.74) is 0.879. The number of benzene rings is 1. The smallest absolute Gasteiger partial charge is 0.253 e. The van der Waals surface area contributed by atoms with Crippen molar-refractivity contribution in [3.05, 3.63) is 29.8 Å². The van der Waals surface area contributed by atoms with Gasteiger partial charge in [-0.2, -0.15) is 5.26 Å². The molecule has 8 nitrogen and oxygen atoms in total. The molecule has 1 heterocycles. The van der Waals surface area contributed by atoms with Crippen LogP contribution in [-0.2, 0) is 14.8 Å². The van der Waals surface area contributed by atoms with Gasteiger partial charge in [-0.1, -0.05) is 0 Å². The number of nitrogens with zero attached hydrogens (tertiary/aromatic N) is 2. The molecule has 0 aliphatic carbocycles. The third-order valence-electron chi connectivity index (χ3n) is 3.82. The SMILES string of the molecule is CS(=O)(=O)Nc1ccc(C(=O)N2CCC(NC(=O)CC#N)CC2)cc1. The van der Waals surface area contributed by atoms with E-state index >= 15 is 0 Å². The maximum absolute atomic E-state index is 12.5. The van der Waals surface area contributed by atoms with Gasteiger partial charge >= 0.3 is 0 Å². The molecule has 1 aliphatic rings. The number of carbonyl (C=O) groups is 2. The highest BCUT2D eigenvalue weighted by molar-refractivity contribution is 7.92. The first kappa shape index (κ1) is 18.7. The zero-order valence-corrected chi connectivity index (χ0v) is 14.7. The van der Waals surface area contributed by atoms with Crippen molar-refractivity contribution < 1.29 is 18.0 Å². The van der Waals surface area contributed by atoms with Gasteiger partial charge in [0.05, 0.1) is 12.3 Å². The maximum Gasteiger partial charge on any atom is 0.253 e. The van der Waals surface area contributed by atoms with E-state index in [2.05, 4.69) is 10.0 Å². The fourth-order valence-electron chi connectivity index (χ4n) is 2.65. The summed E-state index contributed by atoms with van der Waals surface area (Å²) in [6.07, 6.45) is 2.17. The van der Waals surface area contributed by atoms with Gasteiger partial charge < -0.3 is 10.2 Å². The summed E-state index contributed by atoms with van der Waals surface area (Å²) in [6.45, 7) is 1.03. The van der Waals surface area contributed by atoms with Crippen LogP contribution in [0.15, 0.2) is 24.3 Å². The van der Waals surface area contributed by atoms with E-state index in [1.54, 1.807) is 35.2 Å². The normalized spacial score (nSPS) is 15.3. The van der Waals surface area contributed by atoms with Gasteiger partial charge in [0.1, 0.15) is 6.42 Å². The average Bonchev–Trinajstić information content (AvgIpc) is 2.54. The fourth-order valence-corrected chi connectivity index (χ4v) is 3.22. The lowest BCUT2D eigenvalue weighted by Gasteiger charge is -2.32. The second-order valence-corrected chi connectivity index (χ2v) is 7.67. The lowest BCUT2D eigenvalue weighted by molar-refractivity contribution is -0.121. The number of nitriles is 1. The fraction of sp³-hybridized carbons (Fsp3) is 0.438. The second-order valence-electron chi connectivity index (χ2n) is 5.92. The van der Waals surface area contributed by atoms with Crippen LogP contribution < -0.4 is 10.0 Å². The van der Waals surface area contributed by atoms with Gasteiger partial charge in [-0.15, -0.1) is 0 Å². The molecule has 0 unspecified atom stereocenters. The predicted octanol–water partition coefficient (Wildman–Crippen LogP) is 0.693. The molecule has 134 valence electrons. The molecule has 9 heteroatoms. The van der Waals surface area contributed by atoms with Crippen LogP contribution in [0.1, 0.15) is 29.6 Å². The van der Waals surface area contributed by atoms with E-state index in [1.165, 1.54) is 0 Å². The van der Waals surface area contributed by atoms with Gasteiger partial charge in [0.25, 0.3) is 5.91 Å². The van der Waals surface area contributed by atoms with Gasteiger partial charge in [-0.3, -0.25) is 14.3 Å². The Balaban J connectivity index is 1.90. The number of nitrogens with one attached hydrogen (secondary N) is 2. The molecule has 1 saturated heterocycles. The summed E-state index contributed by atoms with van der Waals surface area (Å²) >= 11 is 0. The standard InChI is InChI=1S/C16H20N4O4S/c1-25(23,24)19-14-4-2-12(3-5-14)16(22)20-10-7-13(8-11-20)18-15(21)6-9-17/h2-5,13,19H,6-8,10-11H2,1H3,(H,18,21). The Morgan fingerprint density at radius 1 is 1.24 bits per heavy atom.